The zero-order valence-corrected chi connectivity index (χ0v) is 13.8. The molecule has 1 fully saturated rings. The molecule has 1 aliphatic rings. The predicted molar refractivity (Wildman–Crippen MR) is 83.6 cm³/mol. The van der Waals surface area contributed by atoms with Gasteiger partial charge in [-0.15, -0.1) is 0 Å². The van der Waals surface area contributed by atoms with E-state index in [1.807, 2.05) is 13.0 Å². The lowest BCUT2D eigenvalue weighted by Crippen LogP contribution is -2.47. The van der Waals surface area contributed by atoms with E-state index >= 15 is 0 Å². The topological polar surface area (TPSA) is 40.5 Å². The van der Waals surface area contributed by atoms with Crippen LogP contribution in [0.3, 0.4) is 0 Å². The monoisotopic (exact) mass is 357 g/mol. The van der Waals surface area contributed by atoms with E-state index in [1.54, 1.807) is 6.07 Å². The van der Waals surface area contributed by atoms with Crippen LogP contribution in [0.1, 0.15) is 38.2 Å². The minimum atomic E-state index is -0.698. The Hall–Kier alpha value is -0.940. The van der Waals surface area contributed by atoms with Crippen LogP contribution in [0.5, 0.6) is 0 Å². The lowest BCUT2D eigenvalue weighted by molar-refractivity contribution is -0.153. The second kappa shape index (κ2) is 6.88. The Morgan fingerprint density at radius 1 is 1.52 bits per heavy atom. The van der Waals surface area contributed by atoms with Gasteiger partial charge < -0.3 is 5.11 Å². The second-order valence-electron chi connectivity index (χ2n) is 5.90. The van der Waals surface area contributed by atoms with Crippen molar-refractivity contribution in [2.24, 2.45) is 5.41 Å². The largest absolute Gasteiger partial charge is 0.481 e. The molecule has 0 saturated carbocycles. The Kier molecular flexibility index (Phi) is 5.38. The number of halogens is 2. The molecule has 1 aliphatic heterocycles. The Bertz CT molecular complexity index is 519. The van der Waals surface area contributed by atoms with Gasteiger partial charge in [-0.2, -0.15) is 0 Å². The van der Waals surface area contributed by atoms with Crippen LogP contribution in [0.25, 0.3) is 0 Å². The van der Waals surface area contributed by atoms with Crippen LogP contribution < -0.4 is 0 Å². The summed E-state index contributed by atoms with van der Waals surface area (Å²) in [5.74, 6) is -0.974. The Labute approximate surface area is 133 Å². The quantitative estimate of drug-likeness (QED) is 0.863. The van der Waals surface area contributed by atoms with E-state index in [2.05, 4.69) is 20.8 Å². The van der Waals surface area contributed by atoms with Crippen molar-refractivity contribution in [3.05, 3.63) is 34.1 Å². The summed E-state index contributed by atoms with van der Waals surface area (Å²) in [4.78, 5) is 13.8. The molecule has 1 unspecified atom stereocenters. The average molecular weight is 358 g/mol. The van der Waals surface area contributed by atoms with E-state index in [0.29, 0.717) is 24.0 Å². The minimum Gasteiger partial charge on any atom is -0.481 e. The van der Waals surface area contributed by atoms with Crippen molar-refractivity contribution >= 4 is 21.9 Å². The van der Waals surface area contributed by atoms with E-state index in [0.717, 1.165) is 31.4 Å². The fraction of sp³-hybridized carbons (Fsp3) is 0.562. The van der Waals surface area contributed by atoms with Gasteiger partial charge in [-0.1, -0.05) is 19.4 Å². The third-order valence-corrected chi connectivity index (χ3v) is 4.87. The smallest absolute Gasteiger partial charge is 0.310 e. The summed E-state index contributed by atoms with van der Waals surface area (Å²) in [5, 5.41) is 9.59. The molecule has 1 saturated heterocycles. The van der Waals surface area contributed by atoms with Crippen LogP contribution in [0.2, 0.25) is 0 Å². The molecule has 5 heteroatoms. The van der Waals surface area contributed by atoms with Crippen molar-refractivity contribution in [2.75, 3.05) is 13.1 Å². The number of carboxylic acids is 1. The molecule has 0 aromatic heterocycles. The summed E-state index contributed by atoms with van der Waals surface area (Å²) in [6.45, 7) is 4.04. The number of nitrogens with zero attached hydrogens (tertiary/aromatic N) is 1. The molecule has 1 heterocycles. The molecule has 116 valence electrons. The minimum absolute atomic E-state index is 0.275. The molecular formula is C16H21BrFNO2. The fourth-order valence-corrected chi connectivity index (χ4v) is 3.47. The predicted octanol–water partition coefficient (Wildman–Crippen LogP) is 4.06. The van der Waals surface area contributed by atoms with Gasteiger partial charge in [0.1, 0.15) is 5.82 Å². The number of carboxylic acid groups (broad SMARTS) is 1. The van der Waals surface area contributed by atoms with E-state index in [9.17, 15) is 14.3 Å². The van der Waals surface area contributed by atoms with Crippen LogP contribution >= 0.6 is 15.9 Å². The maximum Gasteiger partial charge on any atom is 0.310 e. The van der Waals surface area contributed by atoms with E-state index < -0.39 is 11.4 Å². The Morgan fingerprint density at radius 2 is 2.29 bits per heavy atom. The highest BCUT2D eigenvalue weighted by molar-refractivity contribution is 9.10. The van der Waals surface area contributed by atoms with E-state index in [4.69, 9.17) is 0 Å². The molecule has 3 nitrogen and oxygen atoms in total. The van der Waals surface area contributed by atoms with Crippen molar-refractivity contribution in [3.8, 4) is 0 Å². The van der Waals surface area contributed by atoms with Gasteiger partial charge in [0, 0.05) is 13.1 Å². The first kappa shape index (κ1) is 16.4. The second-order valence-corrected chi connectivity index (χ2v) is 6.75. The summed E-state index contributed by atoms with van der Waals surface area (Å²) in [6.07, 6.45) is 3.19. The van der Waals surface area contributed by atoms with Gasteiger partial charge in [0.25, 0.3) is 0 Å². The molecular weight excluding hydrogens is 337 g/mol. The molecule has 0 aliphatic carbocycles. The summed E-state index contributed by atoms with van der Waals surface area (Å²) in [6, 6.07) is 5.09. The van der Waals surface area contributed by atoms with Gasteiger partial charge in [0.15, 0.2) is 0 Å². The fourth-order valence-electron chi connectivity index (χ4n) is 3.22. The highest BCUT2D eigenvalue weighted by Crippen LogP contribution is 2.35. The Balaban J connectivity index is 2.09. The number of carbonyl (C=O) groups is 1. The first-order valence-corrected chi connectivity index (χ1v) is 8.16. The van der Waals surface area contributed by atoms with Crippen molar-refractivity contribution in [1.29, 1.82) is 0 Å². The maximum atomic E-state index is 13.6. The molecule has 1 N–H and O–H groups in total. The van der Waals surface area contributed by atoms with Gasteiger partial charge in [-0.3, -0.25) is 9.69 Å². The lowest BCUT2D eigenvalue weighted by Gasteiger charge is -2.40. The number of rotatable bonds is 5. The van der Waals surface area contributed by atoms with Crippen LogP contribution in [0.4, 0.5) is 4.39 Å². The third kappa shape index (κ3) is 3.83. The number of aliphatic carboxylic acids is 1. The number of benzene rings is 1. The SMILES string of the molecule is CCCC1(C(=O)O)CCCN(Cc2ccc(Br)c(F)c2)C1. The molecule has 0 bridgehead atoms. The molecule has 2 rings (SSSR count). The zero-order valence-electron chi connectivity index (χ0n) is 12.2. The molecule has 0 radical (unpaired) electrons. The highest BCUT2D eigenvalue weighted by Gasteiger charge is 2.41. The van der Waals surface area contributed by atoms with Gasteiger partial charge in [0.05, 0.1) is 9.89 Å². The molecule has 0 spiro atoms. The molecule has 1 aromatic rings. The molecule has 1 atom stereocenters. The average Bonchev–Trinajstić information content (AvgIpc) is 2.43. The van der Waals surface area contributed by atoms with E-state index in [1.165, 1.54) is 6.07 Å². The maximum absolute atomic E-state index is 13.6. The first-order valence-electron chi connectivity index (χ1n) is 7.36. The molecule has 0 amide bonds. The van der Waals surface area contributed by atoms with Crippen LogP contribution in [-0.4, -0.2) is 29.1 Å². The van der Waals surface area contributed by atoms with Crippen molar-refractivity contribution in [2.45, 2.75) is 39.2 Å². The zero-order chi connectivity index (χ0) is 15.5. The van der Waals surface area contributed by atoms with Crippen molar-refractivity contribution < 1.29 is 14.3 Å². The van der Waals surface area contributed by atoms with Crippen LogP contribution in [0, 0.1) is 11.2 Å². The Morgan fingerprint density at radius 3 is 2.90 bits per heavy atom. The van der Waals surface area contributed by atoms with E-state index in [-0.39, 0.29) is 5.82 Å². The van der Waals surface area contributed by atoms with Gasteiger partial charge in [0.2, 0.25) is 0 Å². The summed E-state index contributed by atoms with van der Waals surface area (Å²) in [5.41, 5.74) is 0.245. The van der Waals surface area contributed by atoms with Crippen LogP contribution in [0.15, 0.2) is 22.7 Å². The van der Waals surface area contributed by atoms with Gasteiger partial charge >= 0.3 is 5.97 Å². The molecule has 21 heavy (non-hydrogen) atoms. The van der Waals surface area contributed by atoms with Crippen LogP contribution in [-0.2, 0) is 11.3 Å². The highest BCUT2D eigenvalue weighted by atomic mass is 79.9. The summed E-state index contributed by atoms with van der Waals surface area (Å²) >= 11 is 3.15. The normalized spacial score (nSPS) is 23.2. The number of hydrogen-bond acceptors (Lipinski definition) is 2. The number of hydrogen-bond donors (Lipinski definition) is 1. The van der Waals surface area contributed by atoms with Crippen molar-refractivity contribution in [1.82, 2.24) is 4.90 Å². The lowest BCUT2D eigenvalue weighted by atomic mass is 9.76. The van der Waals surface area contributed by atoms with Crippen molar-refractivity contribution in [3.63, 3.8) is 0 Å². The third-order valence-electron chi connectivity index (χ3n) is 4.23. The number of likely N-dealkylation sites (tertiary alicyclic amines) is 1. The van der Waals surface area contributed by atoms with Gasteiger partial charge in [-0.25, -0.2) is 4.39 Å². The number of piperidine rings is 1. The standard InChI is InChI=1S/C16H21BrFNO2/c1-2-6-16(15(20)21)7-3-8-19(11-16)10-12-4-5-13(17)14(18)9-12/h4-5,9H,2-3,6-8,10-11H2,1H3,(H,20,21). The summed E-state index contributed by atoms with van der Waals surface area (Å²) < 4.78 is 14.0. The first-order chi connectivity index (χ1) is 9.97. The van der Waals surface area contributed by atoms with Gasteiger partial charge in [-0.05, 0) is 59.4 Å². The molecule has 1 aromatic carbocycles. The summed E-state index contributed by atoms with van der Waals surface area (Å²) in [7, 11) is 0.